The van der Waals surface area contributed by atoms with Crippen LogP contribution in [0, 0.1) is 26.2 Å². The van der Waals surface area contributed by atoms with Crippen LogP contribution < -0.4 is 0 Å². The van der Waals surface area contributed by atoms with Crippen molar-refractivity contribution in [3.63, 3.8) is 0 Å². The summed E-state index contributed by atoms with van der Waals surface area (Å²) in [6.07, 6.45) is 0. The van der Waals surface area contributed by atoms with Crippen molar-refractivity contribution in [3.05, 3.63) is 40.1 Å². The number of benzene rings is 1. The van der Waals surface area contributed by atoms with E-state index >= 15 is 0 Å². The summed E-state index contributed by atoms with van der Waals surface area (Å²) in [5, 5.41) is -0.0354. The Morgan fingerprint density at radius 1 is 1.08 bits per heavy atom. The predicted molar refractivity (Wildman–Crippen MR) is 99.8 cm³/mol. The molecule has 1 aromatic rings. The summed E-state index contributed by atoms with van der Waals surface area (Å²) < 4.78 is 5.21. The minimum absolute atomic E-state index is 0.0354. The molecule has 0 saturated carbocycles. The summed E-state index contributed by atoms with van der Waals surface area (Å²) in [6.45, 7) is 15.3. The van der Waals surface area contributed by atoms with E-state index in [1.807, 2.05) is 55.4 Å². The summed E-state index contributed by atoms with van der Waals surface area (Å²) in [5.74, 6) is 0.160. The molecule has 24 heavy (non-hydrogen) atoms. The molecule has 0 fully saturated rings. The second-order valence-electron chi connectivity index (χ2n) is 8.02. The van der Waals surface area contributed by atoms with Gasteiger partial charge < -0.3 is 4.74 Å². The molecule has 0 saturated heterocycles. The van der Waals surface area contributed by atoms with Gasteiger partial charge in [-0.1, -0.05) is 29.5 Å². The molecule has 0 radical (unpaired) electrons. The molecule has 0 aliphatic carbocycles. The predicted octanol–water partition coefficient (Wildman–Crippen LogP) is 4.96. The van der Waals surface area contributed by atoms with Gasteiger partial charge in [0.25, 0.3) is 0 Å². The number of carbonyl (C=O) groups excluding carboxylic acids is 2. The lowest BCUT2D eigenvalue weighted by atomic mass is 9.91. The normalized spacial score (nSPS) is 17.4. The van der Waals surface area contributed by atoms with Gasteiger partial charge in [0.05, 0.1) is 15.7 Å². The van der Waals surface area contributed by atoms with Gasteiger partial charge in [-0.15, -0.1) is 0 Å². The second-order valence-corrected chi connectivity index (χ2v) is 9.61. The monoisotopic (exact) mass is 346 g/mol. The molecule has 2 rings (SSSR count). The van der Waals surface area contributed by atoms with Crippen LogP contribution in [-0.4, -0.2) is 15.8 Å². The molecule has 1 aromatic carbocycles. The fraction of sp³-hybridized carbons (Fsp3) is 0.500. The lowest BCUT2D eigenvalue weighted by Gasteiger charge is -2.24. The van der Waals surface area contributed by atoms with E-state index in [9.17, 15) is 9.59 Å². The average Bonchev–Trinajstić information content (AvgIpc) is 2.58. The van der Waals surface area contributed by atoms with Gasteiger partial charge in [0, 0.05) is 0 Å². The third kappa shape index (κ3) is 3.44. The lowest BCUT2D eigenvalue weighted by Crippen LogP contribution is -2.27. The van der Waals surface area contributed by atoms with E-state index in [-0.39, 0.29) is 11.1 Å². The topological polar surface area (TPSA) is 43.4 Å². The minimum atomic E-state index is -0.623. The molecule has 0 aromatic heterocycles. The van der Waals surface area contributed by atoms with Crippen LogP contribution in [-0.2, 0) is 14.3 Å². The molecule has 1 aliphatic rings. The zero-order valence-corrected chi connectivity index (χ0v) is 16.6. The first-order valence-electron chi connectivity index (χ1n) is 8.13. The summed E-state index contributed by atoms with van der Waals surface area (Å²) in [4.78, 5) is 25.2. The minimum Gasteiger partial charge on any atom is -0.428 e. The molecule has 0 bridgehead atoms. The van der Waals surface area contributed by atoms with Gasteiger partial charge in [0.2, 0.25) is 5.12 Å². The van der Waals surface area contributed by atoms with Gasteiger partial charge >= 0.3 is 5.97 Å². The molecular weight excluding hydrogens is 320 g/mol. The van der Waals surface area contributed by atoms with E-state index in [2.05, 4.69) is 12.1 Å². The first-order valence-corrected chi connectivity index (χ1v) is 8.95. The van der Waals surface area contributed by atoms with Crippen molar-refractivity contribution in [2.24, 2.45) is 5.41 Å². The largest absolute Gasteiger partial charge is 0.428 e. The van der Waals surface area contributed by atoms with Crippen LogP contribution in [0.3, 0.4) is 0 Å². The van der Waals surface area contributed by atoms with Gasteiger partial charge in [-0.25, -0.2) is 0 Å². The summed E-state index contributed by atoms with van der Waals surface area (Å²) in [6, 6.07) is 4.11. The molecule has 1 aliphatic heterocycles. The van der Waals surface area contributed by atoms with Gasteiger partial charge in [-0.3, -0.25) is 9.59 Å². The summed E-state index contributed by atoms with van der Waals surface area (Å²) in [5.41, 5.74) is 4.01. The number of aryl methyl sites for hydroxylation is 3. The van der Waals surface area contributed by atoms with E-state index in [0.29, 0.717) is 11.3 Å². The Morgan fingerprint density at radius 3 is 2.04 bits per heavy atom. The standard InChI is InChI=1S/C20H26O3S/c1-11-9-12(2)14(13(3)10-11)15-16(20(7,8)24-17(15)21)23-18(22)19(4,5)6/h9-10H,1-8H3. The van der Waals surface area contributed by atoms with Gasteiger partial charge in [-0.2, -0.15) is 0 Å². The van der Waals surface area contributed by atoms with Crippen molar-refractivity contribution in [1.82, 2.24) is 0 Å². The zero-order chi connectivity index (χ0) is 18.4. The van der Waals surface area contributed by atoms with Crippen LogP contribution in [0.4, 0.5) is 0 Å². The smallest absolute Gasteiger partial charge is 0.316 e. The Kier molecular flexibility index (Phi) is 4.75. The molecule has 130 valence electrons. The molecule has 4 heteroatoms. The fourth-order valence-corrected chi connectivity index (χ4v) is 3.93. The van der Waals surface area contributed by atoms with Crippen molar-refractivity contribution in [2.75, 3.05) is 0 Å². The van der Waals surface area contributed by atoms with Crippen molar-refractivity contribution < 1.29 is 14.3 Å². The van der Waals surface area contributed by atoms with Crippen molar-refractivity contribution in [1.29, 1.82) is 0 Å². The van der Waals surface area contributed by atoms with E-state index < -0.39 is 10.2 Å². The van der Waals surface area contributed by atoms with Crippen LogP contribution in [0.1, 0.15) is 56.9 Å². The maximum Gasteiger partial charge on any atom is 0.316 e. The molecule has 0 N–H and O–H groups in total. The SMILES string of the molecule is Cc1cc(C)c(C2=C(OC(=O)C(C)(C)C)C(C)(C)SC2=O)c(C)c1. The Balaban J connectivity index is 2.68. The van der Waals surface area contributed by atoms with Crippen LogP contribution in [0.25, 0.3) is 5.57 Å². The highest BCUT2D eigenvalue weighted by Gasteiger charge is 2.44. The highest BCUT2D eigenvalue weighted by Crippen LogP contribution is 2.49. The van der Waals surface area contributed by atoms with E-state index in [1.54, 1.807) is 0 Å². The molecule has 1 heterocycles. The molecule has 0 unspecified atom stereocenters. The van der Waals surface area contributed by atoms with E-state index in [0.717, 1.165) is 22.3 Å². The molecular formula is C20H26O3S. The maximum absolute atomic E-state index is 12.7. The fourth-order valence-electron chi connectivity index (χ4n) is 2.93. The average molecular weight is 346 g/mol. The number of ether oxygens (including phenoxy) is 1. The Bertz CT molecular complexity index is 726. The molecule has 0 spiro atoms. The number of rotatable bonds is 2. The van der Waals surface area contributed by atoms with Crippen molar-refractivity contribution in [2.45, 2.75) is 60.1 Å². The first-order chi connectivity index (χ1) is 10.8. The molecule has 3 nitrogen and oxygen atoms in total. The van der Waals surface area contributed by atoms with Gasteiger partial charge in [0.15, 0.2) is 0 Å². The summed E-state index contributed by atoms with van der Waals surface area (Å²) in [7, 11) is 0. The zero-order valence-electron chi connectivity index (χ0n) is 15.8. The highest BCUT2D eigenvalue weighted by molar-refractivity contribution is 8.16. The third-order valence-electron chi connectivity index (χ3n) is 4.06. The number of hydrogen-bond acceptors (Lipinski definition) is 4. The van der Waals surface area contributed by atoms with Gasteiger partial charge in [-0.05, 0) is 72.1 Å². The first kappa shape index (κ1) is 18.8. The quantitative estimate of drug-likeness (QED) is 0.710. The Labute approximate surface area is 148 Å². The van der Waals surface area contributed by atoms with Crippen LogP contribution in [0.5, 0.6) is 0 Å². The Hall–Kier alpha value is -1.55. The van der Waals surface area contributed by atoms with E-state index in [4.69, 9.17) is 4.74 Å². The van der Waals surface area contributed by atoms with Crippen molar-refractivity contribution >= 4 is 28.4 Å². The van der Waals surface area contributed by atoms with Crippen molar-refractivity contribution in [3.8, 4) is 0 Å². The third-order valence-corrected chi connectivity index (χ3v) is 5.15. The number of esters is 1. The number of thioether (sulfide) groups is 1. The molecule has 0 amide bonds. The lowest BCUT2D eigenvalue weighted by molar-refractivity contribution is -0.148. The molecule has 0 atom stereocenters. The van der Waals surface area contributed by atoms with E-state index in [1.165, 1.54) is 11.8 Å². The van der Waals surface area contributed by atoms with Crippen LogP contribution in [0.2, 0.25) is 0 Å². The number of hydrogen-bond donors (Lipinski definition) is 0. The Morgan fingerprint density at radius 2 is 1.58 bits per heavy atom. The van der Waals surface area contributed by atoms with Crippen LogP contribution in [0.15, 0.2) is 17.9 Å². The van der Waals surface area contributed by atoms with Gasteiger partial charge in [0.1, 0.15) is 5.76 Å². The highest BCUT2D eigenvalue weighted by atomic mass is 32.2. The summed E-state index contributed by atoms with van der Waals surface area (Å²) >= 11 is 1.22. The maximum atomic E-state index is 12.7. The second kappa shape index (κ2) is 6.07. The van der Waals surface area contributed by atoms with Crippen LogP contribution >= 0.6 is 11.8 Å². The number of carbonyl (C=O) groups is 2.